The third-order valence-electron chi connectivity index (χ3n) is 4.69. The molecule has 1 aromatic rings. The summed E-state index contributed by atoms with van der Waals surface area (Å²) in [7, 11) is 0. The molecule has 2 fully saturated rings. The largest absolute Gasteiger partial charge is 0.341 e. The number of carbonyl (C=O) groups is 2. The highest BCUT2D eigenvalue weighted by Crippen LogP contribution is 2.26. The van der Waals surface area contributed by atoms with Crippen molar-refractivity contribution < 1.29 is 9.59 Å². The third-order valence-corrected chi connectivity index (χ3v) is 5.37. The minimum Gasteiger partial charge on any atom is -0.341 e. The van der Waals surface area contributed by atoms with Gasteiger partial charge in [-0.15, -0.1) is 12.4 Å². The highest BCUT2D eigenvalue weighted by molar-refractivity contribution is 7.08. The van der Waals surface area contributed by atoms with Gasteiger partial charge in [-0.2, -0.15) is 11.3 Å². The summed E-state index contributed by atoms with van der Waals surface area (Å²) in [5.74, 6) is 0.408. The first-order valence-corrected chi connectivity index (χ1v) is 8.95. The smallest absolute Gasteiger partial charge is 0.254 e. The van der Waals surface area contributed by atoms with E-state index in [9.17, 15) is 9.59 Å². The zero-order valence-electron chi connectivity index (χ0n) is 13.1. The Bertz CT molecular complexity index is 537. The molecule has 2 heterocycles. The third kappa shape index (κ3) is 4.25. The summed E-state index contributed by atoms with van der Waals surface area (Å²) in [4.78, 5) is 28.8. The molecule has 1 saturated carbocycles. The summed E-state index contributed by atoms with van der Waals surface area (Å²) in [5.41, 5.74) is 6.67. The number of halogens is 1. The van der Waals surface area contributed by atoms with E-state index in [1.165, 1.54) is 11.3 Å². The Hall–Kier alpha value is -1.11. The van der Waals surface area contributed by atoms with Crippen LogP contribution in [-0.2, 0) is 4.79 Å². The lowest BCUT2D eigenvalue weighted by Crippen LogP contribution is -2.39. The van der Waals surface area contributed by atoms with Gasteiger partial charge in [0.15, 0.2) is 0 Å². The number of amides is 2. The van der Waals surface area contributed by atoms with Crippen molar-refractivity contribution in [2.45, 2.75) is 31.7 Å². The van der Waals surface area contributed by atoms with E-state index in [1.54, 1.807) is 0 Å². The van der Waals surface area contributed by atoms with Crippen LogP contribution in [0.15, 0.2) is 16.8 Å². The number of carbonyl (C=O) groups excluding carboxylic acids is 2. The molecule has 1 aromatic heterocycles. The van der Waals surface area contributed by atoms with Crippen LogP contribution in [0.5, 0.6) is 0 Å². The fraction of sp³-hybridized carbons (Fsp3) is 0.625. The molecule has 7 heteroatoms. The summed E-state index contributed by atoms with van der Waals surface area (Å²) in [6.45, 7) is 2.74. The molecular formula is C16H24ClN3O2S. The molecule has 2 unspecified atom stereocenters. The Morgan fingerprint density at radius 1 is 1.13 bits per heavy atom. The van der Waals surface area contributed by atoms with Crippen LogP contribution in [0.3, 0.4) is 0 Å². The molecule has 1 saturated heterocycles. The lowest BCUT2D eigenvalue weighted by atomic mass is 10.1. The van der Waals surface area contributed by atoms with Crippen LogP contribution < -0.4 is 5.73 Å². The second-order valence-corrected chi connectivity index (χ2v) is 7.03. The zero-order chi connectivity index (χ0) is 15.5. The summed E-state index contributed by atoms with van der Waals surface area (Å²) in [6, 6.07) is 2.04. The van der Waals surface area contributed by atoms with Gasteiger partial charge < -0.3 is 15.5 Å². The van der Waals surface area contributed by atoms with Crippen molar-refractivity contribution in [3.63, 3.8) is 0 Å². The van der Waals surface area contributed by atoms with Gasteiger partial charge in [0, 0.05) is 43.5 Å². The monoisotopic (exact) mass is 357 g/mol. The number of hydrogen-bond acceptors (Lipinski definition) is 4. The number of nitrogens with two attached hydrogens (primary N) is 1. The summed E-state index contributed by atoms with van der Waals surface area (Å²) < 4.78 is 0. The van der Waals surface area contributed by atoms with Gasteiger partial charge in [0.1, 0.15) is 0 Å². The molecule has 3 rings (SSSR count). The minimum absolute atomic E-state index is 0. The molecule has 2 amide bonds. The van der Waals surface area contributed by atoms with E-state index in [4.69, 9.17) is 5.73 Å². The van der Waals surface area contributed by atoms with Crippen molar-refractivity contribution in [2.24, 2.45) is 11.7 Å². The normalized spacial score (nSPS) is 24.9. The van der Waals surface area contributed by atoms with Crippen molar-refractivity contribution in [2.75, 3.05) is 26.2 Å². The fourth-order valence-electron chi connectivity index (χ4n) is 3.41. The van der Waals surface area contributed by atoms with Crippen molar-refractivity contribution >= 4 is 35.6 Å². The number of hydrogen-bond donors (Lipinski definition) is 1. The number of nitrogens with zero attached hydrogens (tertiary/aromatic N) is 2. The van der Waals surface area contributed by atoms with Gasteiger partial charge in [-0.1, -0.05) is 0 Å². The second kappa shape index (κ2) is 8.13. The molecule has 2 N–H and O–H groups in total. The first-order valence-electron chi connectivity index (χ1n) is 8.01. The zero-order valence-corrected chi connectivity index (χ0v) is 14.8. The van der Waals surface area contributed by atoms with Crippen molar-refractivity contribution in [3.8, 4) is 0 Å². The van der Waals surface area contributed by atoms with Gasteiger partial charge in [-0.05, 0) is 37.1 Å². The van der Waals surface area contributed by atoms with Crippen LogP contribution in [0, 0.1) is 5.92 Å². The average molecular weight is 358 g/mol. The maximum absolute atomic E-state index is 12.6. The maximum atomic E-state index is 12.6. The van der Waals surface area contributed by atoms with E-state index < -0.39 is 0 Å². The average Bonchev–Trinajstić information content (AvgIpc) is 3.13. The molecule has 1 aliphatic heterocycles. The molecule has 23 heavy (non-hydrogen) atoms. The van der Waals surface area contributed by atoms with E-state index in [-0.39, 0.29) is 36.2 Å². The number of thiophene rings is 1. The predicted molar refractivity (Wildman–Crippen MR) is 94.0 cm³/mol. The molecule has 0 aromatic carbocycles. The molecule has 128 valence electrons. The Kier molecular flexibility index (Phi) is 6.44. The highest BCUT2D eigenvalue weighted by atomic mass is 35.5. The molecule has 2 aliphatic rings. The summed E-state index contributed by atoms with van der Waals surface area (Å²) in [6.07, 6.45) is 3.52. The van der Waals surface area contributed by atoms with Crippen LogP contribution in [0.2, 0.25) is 0 Å². The Balaban J connectivity index is 0.00000192. The van der Waals surface area contributed by atoms with E-state index >= 15 is 0 Å². The van der Waals surface area contributed by atoms with E-state index in [0.717, 1.165) is 44.3 Å². The quantitative estimate of drug-likeness (QED) is 0.880. The van der Waals surface area contributed by atoms with E-state index in [1.807, 2.05) is 26.6 Å². The molecule has 0 radical (unpaired) electrons. The van der Waals surface area contributed by atoms with Gasteiger partial charge in [-0.3, -0.25) is 9.59 Å². The predicted octanol–water partition coefficient (Wildman–Crippen LogP) is 1.97. The van der Waals surface area contributed by atoms with Gasteiger partial charge in [0.05, 0.1) is 5.56 Å². The van der Waals surface area contributed by atoms with Crippen LogP contribution in [0.4, 0.5) is 0 Å². The Morgan fingerprint density at radius 3 is 2.52 bits per heavy atom. The second-order valence-electron chi connectivity index (χ2n) is 6.25. The molecule has 0 spiro atoms. The van der Waals surface area contributed by atoms with Gasteiger partial charge >= 0.3 is 0 Å². The Labute approximate surface area is 147 Å². The first kappa shape index (κ1) is 18.2. The van der Waals surface area contributed by atoms with E-state index in [2.05, 4.69) is 0 Å². The molecule has 5 nitrogen and oxygen atoms in total. The van der Waals surface area contributed by atoms with Crippen molar-refractivity contribution in [1.82, 2.24) is 9.80 Å². The maximum Gasteiger partial charge on any atom is 0.254 e. The van der Waals surface area contributed by atoms with Gasteiger partial charge in [-0.25, -0.2) is 0 Å². The Morgan fingerprint density at radius 2 is 1.87 bits per heavy atom. The lowest BCUT2D eigenvalue weighted by molar-refractivity contribution is -0.135. The van der Waals surface area contributed by atoms with Crippen LogP contribution >= 0.6 is 23.7 Å². The van der Waals surface area contributed by atoms with Gasteiger partial charge in [0.2, 0.25) is 5.91 Å². The standard InChI is InChI=1S/C16H23N3O2S.ClH/c17-14-3-2-12(10-14)15(20)18-5-1-6-19(8-7-18)16(21)13-4-9-22-11-13;/h4,9,11-12,14H,1-3,5-8,10,17H2;1H. The van der Waals surface area contributed by atoms with Crippen LogP contribution in [-0.4, -0.2) is 53.8 Å². The summed E-state index contributed by atoms with van der Waals surface area (Å²) >= 11 is 1.54. The van der Waals surface area contributed by atoms with E-state index in [0.29, 0.717) is 13.1 Å². The van der Waals surface area contributed by atoms with Crippen LogP contribution in [0.1, 0.15) is 36.0 Å². The molecule has 1 aliphatic carbocycles. The fourth-order valence-corrected chi connectivity index (χ4v) is 4.04. The molecular weight excluding hydrogens is 334 g/mol. The van der Waals surface area contributed by atoms with Crippen molar-refractivity contribution in [1.29, 1.82) is 0 Å². The topological polar surface area (TPSA) is 66.6 Å². The summed E-state index contributed by atoms with van der Waals surface area (Å²) in [5, 5.41) is 3.81. The molecule has 0 bridgehead atoms. The lowest BCUT2D eigenvalue weighted by Gasteiger charge is -2.24. The minimum atomic E-state index is 0. The molecule has 2 atom stereocenters. The van der Waals surface area contributed by atoms with Crippen molar-refractivity contribution in [3.05, 3.63) is 22.4 Å². The number of rotatable bonds is 2. The van der Waals surface area contributed by atoms with Gasteiger partial charge in [0.25, 0.3) is 5.91 Å². The highest BCUT2D eigenvalue weighted by Gasteiger charge is 2.32. The van der Waals surface area contributed by atoms with Crippen LogP contribution in [0.25, 0.3) is 0 Å². The SMILES string of the molecule is Cl.NC1CCC(C(=O)N2CCCN(C(=O)c3ccsc3)CC2)C1. The first-order chi connectivity index (χ1) is 10.6.